The van der Waals surface area contributed by atoms with Gasteiger partial charge in [0.1, 0.15) is 24.4 Å². The minimum atomic E-state index is -0.922. The van der Waals surface area contributed by atoms with Crippen molar-refractivity contribution in [3.05, 3.63) is 145 Å². The number of fused-ring (bicyclic) bond motifs is 8. The van der Waals surface area contributed by atoms with Crippen LogP contribution < -0.4 is 18.3 Å². The van der Waals surface area contributed by atoms with Crippen molar-refractivity contribution in [2.24, 2.45) is 0 Å². The van der Waals surface area contributed by atoms with E-state index < -0.39 is 24.4 Å². The van der Waals surface area contributed by atoms with Gasteiger partial charge in [0.05, 0.1) is 49.2 Å². The van der Waals surface area contributed by atoms with Gasteiger partial charge in [-0.05, 0) is 70.8 Å². The van der Waals surface area contributed by atoms with Gasteiger partial charge in [0.15, 0.2) is 75.8 Å². The van der Waals surface area contributed by atoms with Crippen molar-refractivity contribution >= 4 is 46.4 Å². The Bertz CT molecular complexity index is 2980. The molecular weight excluding hydrogens is 865 g/mol. The van der Waals surface area contributed by atoms with Crippen LogP contribution in [0.2, 0.25) is 0 Å². The smallest absolute Gasteiger partial charge is 0.176 e. The van der Waals surface area contributed by atoms with Crippen LogP contribution in [0.25, 0.3) is 90.9 Å². The fraction of sp³-hybridized carbons (Fsp3) is 0.231. The maximum atomic E-state index is 10.2. The van der Waals surface area contributed by atoms with Gasteiger partial charge in [-0.15, -0.1) is 0 Å². The second-order valence-electron chi connectivity index (χ2n) is 17.0. The number of nitrogens with one attached hydrogen (secondary N) is 2. The van der Waals surface area contributed by atoms with Crippen molar-refractivity contribution < 1.29 is 59.1 Å². The molecule has 68 heavy (non-hydrogen) atoms. The fourth-order valence-electron chi connectivity index (χ4n) is 8.61. The Morgan fingerprint density at radius 3 is 0.853 bits per heavy atom. The third-order valence-electron chi connectivity index (χ3n) is 12.0. The van der Waals surface area contributed by atoms with E-state index in [0.717, 1.165) is 66.6 Å². The molecule has 0 spiro atoms. The third-order valence-corrected chi connectivity index (χ3v) is 12.0. The minimum Gasteiger partial charge on any atom is -0.393 e. The van der Waals surface area contributed by atoms with Crippen LogP contribution in [0.3, 0.4) is 0 Å². The van der Waals surface area contributed by atoms with Gasteiger partial charge in [-0.25, -0.2) is 28.2 Å². The molecule has 9 heterocycles. The third kappa shape index (κ3) is 9.94. The second kappa shape index (κ2) is 20.4. The van der Waals surface area contributed by atoms with Crippen molar-refractivity contribution in [3.8, 4) is 44.5 Å². The van der Waals surface area contributed by atoms with Crippen LogP contribution in [0.15, 0.2) is 122 Å². The maximum absolute atomic E-state index is 10.2. The summed E-state index contributed by atoms with van der Waals surface area (Å²) >= 11 is 0. The lowest BCUT2D eigenvalue weighted by Gasteiger charge is -2.08. The lowest BCUT2D eigenvalue weighted by molar-refractivity contribution is -0.703. The van der Waals surface area contributed by atoms with E-state index in [1.54, 1.807) is 4.57 Å². The first-order chi connectivity index (χ1) is 33.1. The fourth-order valence-corrected chi connectivity index (χ4v) is 8.61. The lowest BCUT2D eigenvalue weighted by Crippen LogP contribution is -2.40. The highest BCUT2D eigenvalue weighted by molar-refractivity contribution is 6.00. The average molecular weight is 919 g/mol. The lowest BCUT2D eigenvalue weighted by atomic mass is 10.0. The van der Waals surface area contributed by atoms with Crippen LogP contribution in [0, 0.1) is 0 Å². The summed E-state index contributed by atoms with van der Waals surface area (Å²) in [7, 11) is 0. The van der Waals surface area contributed by atoms with Gasteiger partial charge in [0.25, 0.3) is 0 Å². The largest absolute Gasteiger partial charge is 0.393 e. The number of aromatic nitrogens is 8. The van der Waals surface area contributed by atoms with Gasteiger partial charge in [0.2, 0.25) is 0 Å². The SMILES string of the molecule is OCC(O)C[n+]1ccc(-c2c3nc(c(-c4cc[n+](CC(O)CO)cc4)c4ccc([nH]4)c(-c4cc[n+](CC(O)CO)cc4)c4ccc([nH]4)c(-c4cc[n+](CC(O)CO)cc4)c4nc2C=C4)C=C3)cc1. The summed E-state index contributed by atoms with van der Waals surface area (Å²) in [6.07, 6.45) is 19.1. The number of pyridine rings is 4. The van der Waals surface area contributed by atoms with E-state index in [0.29, 0.717) is 22.8 Å². The number of hydrogen-bond acceptors (Lipinski definition) is 10. The zero-order valence-corrected chi connectivity index (χ0v) is 37.1. The first-order valence-corrected chi connectivity index (χ1v) is 22.4. The summed E-state index contributed by atoms with van der Waals surface area (Å²) in [6.45, 7) is -0.595. The quantitative estimate of drug-likeness (QED) is 0.0633. The topological polar surface area (TPSA) is 235 Å². The minimum absolute atomic E-state index is 0.209. The number of nitrogens with zero attached hydrogens (tertiary/aromatic N) is 6. The van der Waals surface area contributed by atoms with E-state index in [9.17, 15) is 40.9 Å². The average Bonchev–Trinajstić information content (AvgIpc) is 4.22. The predicted octanol–water partition coefficient (Wildman–Crippen LogP) is 1.89. The highest BCUT2D eigenvalue weighted by Crippen LogP contribution is 2.38. The van der Waals surface area contributed by atoms with Gasteiger partial charge in [-0.2, -0.15) is 0 Å². The Hall–Kier alpha value is -7.12. The molecule has 4 atom stereocenters. The number of aliphatic hydroxyl groups is 8. The zero-order chi connectivity index (χ0) is 47.3. The van der Waals surface area contributed by atoms with Crippen molar-refractivity contribution in [1.29, 1.82) is 0 Å². The summed E-state index contributed by atoms with van der Waals surface area (Å²) in [6, 6.07) is 23.7. The van der Waals surface area contributed by atoms with E-state index in [1.165, 1.54) is 0 Å². The summed E-state index contributed by atoms with van der Waals surface area (Å²) in [4.78, 5) is 18.2. The van der Waals surface area contributed by atoms with E-state index in [4.69, 9.17) is 9.97 Å². The molecule has 9 rings (SSSR count). The molecule has 0 aromatic carbocycles. The molecule has 2 aliphatic rings. The van der Waals surface area contributed by atoms with Gasteiger partial charge in [-0.3, -0.25) is 0 Å². The van der Waals surface area contributed by atoms with Crippen LogP contribution in [0.1, 0.15) is 22.8 Å². The van der Waals surface area contributed by atoms with Crippen LogP contribution in [-0.4, -0.2) is 112 Å². The molecule has 4 unspecified atom stereocenters. The number of aromatic amines is 2. The van der Waals surface area contributed by atoms with Crippen molar-refractivity contribution in [2.45, 2.75) is 50.6 Å². The van der Waals surface area contributed by atoms with Crippen LogP contribution in [-0.2, 0) is 26.2 Å². The maximum Gasteiger partial charge on any atom is 0.176 e. The Kier molecular flexibility index (Phi) is 13.8. The van der Waals surface area contributed by atoms with E-state index in [-0.39, 0.29) is 52.6 Å². The van der Waals surface area contributed by atoms with Crippen molar-refractivity contribution in [2.75, 3.05) is 26.4 Å². The molecule has 0 saturated heterocycles. The predicted molar refractivity (Wildman–Crippen MR) is 254 cm³/mol. The molecule has 0 radical (unpaired) electrons. The summed E-state index contributed by atoms with van der Waals surface area (Å²) in [5.41, 5.74) is 12.4. The van der Waals surface area contributed by atoms with E-state index in [2.05, 4.69) is 9.97 Å². The van der Waals surface area contributed by atoms with E-state index >= 15 is 0 Å². The number of aliphatic hydroxyl groups excluding tert-OH is 8. The molecule has 10 N–H and O–H groups in total. The highest BCUT2D eigenvalue weighted by Gasteiger charge is 2.22. The highest BCUT2D eigenvalue weighted by atomic mass is 16.3. The molecule has 346 valence electrons. The molecule has 7 aromatic rings. The Morgan fingerprint density at radius 2 is 0.574 bits per heavy atom. The molecule has 7 aromatic heterocycles. The Morgan fingerprint density at radius 1 is 0.338 bits per heavy atom. The van der Waals surface area contributed by atoms with Gasteiger partial charge >= 0.3 is 0 Å². The molecule has 16 heteroatoms. The summed E-state index contributed by atoms with van der Waals surface area (Å²) in [5.74, 6) is 0. The Balaban J connectivity index is 1.35. The van der Waals surface area contributed by atoms with Gasteiger partial charge in [0, 0.05) is 92.9 Å². The van der Waals surface area contributed by atoms with Crippen LogP contribution in [0.4, 0.5) is 0 Å². The standard InChI is InChI=1S/C52H53N8O8/c61-29-37(65)25-57-17-9-33(10-18-57)49-41-1-2-42(53-41)50(34-11-19-58(20-12-34)26-38(66)30-62)44-5-6-46(55-44)52(36-15-23-60(24-16-36)28-40(68)32-64)48-8-7-47(56-48)51(45-4-3-43(49)54-45)35-13-21-59(22-14-35)27-39(67)31-63/h1-24,37-40,61-68H,25-32H2,(H,53,54,55,56)/q+3/p+1. The molecule has 0 fully saturated rings. The Labute approximate surface area is 390 Å². The summed E-state index contributed by atoms with van der Waals surface area (Å²) in [5, 5.41) is 78.9. The van der Waals surface area contributed by atoms with Crippen LogP contribution in [0.5, 0.6) is 0 Å². The molecule has 16 nitrogen and oxygen atoms in total. The normalized spacial score (nSPS) is 14.0. The molecule has 2 aliphatic heterocycles. The van der Waals surface area contributed by atoms with Crippen molar-refractivity contribution in [1.82, 2.24) is 19.9 Å². The van der Waals surface area contributed by atoms with Gasteiger partial charge < -0.3 is 50.8 Å². The molecule has 0 aliphatic carbocycles. The number of H-pyrrole nitrogens is 2. The first-order valence-electron chi connectivity index (χ1n) is 22.4. The van der Waals surface area contributed by atoms with Gasteiger partial charge in [-0.1, -0.05) is 0 Å². The number of hydrogen-bond donors (Lipinski definition) is 10. The molecule has 0 amide bonds. The summed E-state index contributed by atoms with van der Waals surface area (Å²) < 4.78 is 7.25. The zero-order valence-electron chi connectivity index (χ0n) is 37.1. The second-order valence-corrected chi connectivity index (χ2v) is 17.0. The number of rotatable bonds is 16. The van der Waals surface area contributed by atoms with Crippen LogP contribution >= 0.6 is 0 Å². The molecule has 8 bridgehead atoms. The monoisotopic (exact) mass is 918 g/mol. The first kappa shape index (κ1) is 46.0. The van der Waals surface area contributed by atoms with E-state index in [1.807, 2.05) is 160 Å². The molecule has 0 saturated carbocycles. The van der Waals surface area contributed by atoms with Crippen molar-refractivity contribution in [3.63, 3.8) is 0 Å². The molecular formula is C52H54N8O8+4.